The van der Waals surface area contributed by atoms with Crippen LogP contribution in [0.4, 0.5) is 5.69 Å². The first-order chi connectivity index (χ1) is 10.0. The highest BCUT2D eigenvalue weighted by molar-refractivity contribution is 6.33. The number of hydrogen-bond acceptors (Lipinski definition) is 3. The second kappa shape index (κ2) is 6.91. The minimum Gasteiger partial charge on any atom is -0.478 e. The Morgan fingerprint density at radius 1 is 1.48 bits per heavy atom. The normalized spacial score (nSPS) is 21.8. The Balaban J connectivity index is 2.02. The molecule has 1 fully saturated rings. The molecule has 1 aromatic carbocycles. The van der Waals surface area contributed by atoms with Gasteiger partial charge in [0.15, 0.2) is 0 Å². The van der Waals surface area contributed by atoms with Crippen LogP contribution in [0.1, 0.15) is 36.5 Å². The van der Waals surface area contributed by atoms with E-state index in [4.69, 9.17) is 16.7 Å². The second-order valence-corrected chi connectivity index (χ2v) is 5.70. The van der Waals surface area contributed by atoms with Gasteiger partial charge in [-0.15, -0.1) is 0 Å². The van der Waals surface area contributed by atoms with Gasteiger partial charge >= 0.3 is 5.97 Å². The van der Waals surface area contributed by atoms with Gasteiger partial charge in [-0.3, -0.25) is 4.79 Å². The van der Waals surface area contributed by atoms with E-state index >= 15 is 0 Å². The number of aromatic carboxylic acids is 1. The molecule has 2 atom stereocenters. The third-order valence-electron chi connectivity index (χ3n) is 3.87. The van der Waals surface area contributed by atoms with Crippen molar-refractivity contribution in [2.24, 2.45) is 5.92 Å². The van der Waals surface area contributed by atoms with Crippen LogP contribution in [0.5, 0.6) is 0 Å². The minimum atomic E-state index is -1.09. The average molecular weight is 311 g/mol. The van der Waals surface area contributed by atoms with Crippen molar-refractivity contribution in [3.8, 4) is 0 Å². The summed E-state index contributed by atoms with van der Waals surface area (Å²) in [7, 11) is 0. The standard InChI is InChI=1S/C15H19ClN2O3/c1-2-9-5-6-17-13(7-9)14(19)18-10-3-4-11(15(20)21)12(16)8-10/h3-4,8-9,13,17H,2,5-7H2,1H3,(H,18,19)(H,20,21). The molecule has 21 heavy (non-hydrogen) atoms. The van der Waals surface area contributed by atoms with Crippen molar-refractivity contribution >= 4 is 29.2 Å². The summed E-state index contributed by atoms with van der Waals surface area (Å²) in [5.74, 6) is -0.620. The summed E-state index contributed by atoms with van der Waals surface area (Å²) in [6, 6.07) is 4.20. The molecule has 0 saturated carbocycles. The molecule has 1 aromatic rings. The number of carbonyl (C=O) groups is 2. The minimum absolute atomic E-state index is 0.0245. The van der Waals surface area contributed by atoms with E-state index < -0.39 is 5.97 Å². The molecule has 1 heterocycles. The maximum Gasteiger partial charge on any atom is 0.337 e. The number of carbonyl (C=O) groups excluding carboxylic acids is 1. The van der Waals surface area contributed by atoms with Gasteiger partial charge < -0.3 is 15.7 Å². The molecule has 2 rings (SSSR count). The van der Waals surface area contributed by atoms with Gasteiger partial charge in [-0.1, -0.05) is 24.9 Å². The number of carboxylic acids is 1. The van der Waals surface area contributed by atoms with Crippen LogP contribution in [0.3, 0.4) is 0 Å². The Kier molecular flexibility index (Phi) is 5.20. The van der Waals surface area contributed by atoms with Gasteiger partial charge in [-0.05, 0) is 43.5 Å². The first kappa shape index (κ1) is 15.8. The van der Waals surface area contributed by atoms with E-state index in [1.807, 2.05) is 0 Å². The molecule has 0 aliphatic carbocycles. The van der Waals surface area contributed by atoms with Gasteiger partial charge in [0.05, 0.1) is 16.6 Å². The Labute approximate surface area is 128 Å². The lowest BCUT2D eigenvalue weighted by Gasteiger charge is -2.28. The molecular formula is C15H19ClN2O3. The summed E-state index contributed by atoms with van der Waals surface area (Å²) in [5.41, 5.74) is 0.534. The molecule has 0 spiro atoms. The molecule has 1 aliphatic heterocycles. The van der Waals surface area contributed by atoms with E-state index in [-0.39, 0.29) is 22.5 Å². The number of anilines is 1. The van der Waals surface area contributed by atoms with Crippen LogP contribution in [0.2, 0.25) is 5.02 Å². The summed E-state index contributed by atoms with van der Waals surface area (Å²) in [5, 5.41) is 15.0. The zero-order valence-corrected chi connectivity index (χ0v) is 12.6. The van der Waals surface area contributed by atoms with Gasteiger partial charge in [-0.2, -0.15) is 0 Å². The van der Waals surface area contributed by atoms with Crippen LogP contribution in [0.25, 0.3) is 0 Å². The lowest BCUT2D eigenvalue weighted by molar-refractivity contribution is -0.119. The number of rotatable bonds is 4. The zero-order valence-electron chi connectivity index (χ0n) is 11.9. The summed E-state index contributed by atoms with van der Waals surface area (Å²) in [4.78, 5) is 23.1. The zero-order chi connectivity index (χ0) is 15.4. The van der Waals surface area contributed by atoms with E-state index in [0.717, 1.165) is 25.8 Å². The van der Waals surface area contributed by atoms with Crippen molar-refractivity contribution in [2.45, 2.75) is 32.2 Å². The molecule has 0 aromatic heterocycles. The number of piperidine rings is 1. The molecule has 1 aliphatic rings. The molecule has 114 valence electrons. The van der Waals surface area contributed by atoms with Crippen LogP contribution in [0, 0.1) is 5.92 Å². The highest BCUT2D eigenvalue weighted by Gasteiger charge is 2.26. The monoisotopic (exact) mass is 310 g/mol. The molecule has 0 radical (unpaired) electrons. The van der Waals surface area contributed by atoms with Crippen molar-refractivity contribution in [3.05, 3.63) is 28.8 Å². The maximum atomic E-state index is 12.2. The highest BCUT2D eigenvalue weighted by atomic mass is 35.5. The first-order valence-corrected chi connectivity index (χ1v) is 7.46. The third kappa shape index (κ3) is 3.95. The van der Waals surface area contributed by atoms with Gasteiger partial charge in [0.2, 0.25) is 5.91 Å². The molecule has 3 N–H and O–H groups in total. The Hall–Kier alpha value is -1.59. The van der Waals surface area contributed by atoms with Crippen LogP contribution in [-0.2, 0) is 4.79 Å². The Morgan fingerprint density at radius 2 is 2.24 bits per heavy atom. The Bertz CT molecular complexity index is 548. The molecule has 6 heteroatoms. The summed E-state index contributed by atoms with van der Waals surface area (Å²) in [6.07, 6.45) is 2.99. The number of amides is 1. The fraction of sp³-hybridized carbons (Fsp3) is 0.467. The van der Waals surface area contributed by atoms with Crippen LogP contribution in [0.15, 0.2) is 18.2 Å². The molecule has 0 bridgehead atoms. The summed E-state index contributed by atoms with van der Waals surface area (Å²) in [6.45, 7) is 2.98. The van der Waals surface area contributed by atoms with Crippen molar-refractivity contribution in [3.63, 3.8) is 0 Å². The topological polar surface area (TPSA) is 78.4 Å². The largest absolute Gasteiger partial charge is 0.478 e. The van der Waals surface area contributed by atoms with Gasteiger partial charge in [0.1, 0.15) is 0 Å². The molecule has 1 amide bonds. The lowest BCUT2D eigenvalue weighted by atomic mass is 9.90. The second-order valence-electron chi connectivity index (χ2n) is 5.29. The van der Waals surface area contributed by atoms with E-state index in [1.54, 1.807) is 6.07 Å². The molecule has 1 saturated heterocycles. The fourth-order valence-corrected chi connectivity index (χ4v) is 2.82. The summed E-state index contributed by atoms with van der Waals surface area (Å²) < 4.78 is 0. The number of nitrogens with one attached hydrogen (secondary N) is 2. The number of carboxylic acid groups (broad SMARTS) is 1. The van der Waals surface area contributed by atoms with Crippen LogP contribution >= 0.6 is 11.6 Å². The average Bonchev–Trinajstić information content (AvgIpc) is 2.47. The predicted octanol–water partition coefficient (Wildman–Crippen LogP) is 2.75. The third-order valence-corrected chi connectivity index (χ3v) is 4.19. The quantitative estimate of drug-likeness (QED) is 0.799. The van der Waals surface area contributed by atoms with Gasteiger partial charge in [0, 0.05) is 5.69 Å². The lowest BCUT2D eigenvalue weighted by Crippen LogP contribution is -2.46. The van der Waals surface area contributed by atoms with E-state index in [0.29, 0.717) is 11.6 Å². The number of benzene rings is 1. The maximum absolute atomic E-state index is 12.2. The fourth-order valence-electron chi connectivity index (χ4n) is 2.56. The van der Waals surface area contributed by atoms with Gasteiger partial charge in [0.25, 0.3) is 0 Å². The van der Waals surface area contributed by atoms with Crippen molar-refractivity contribution in [1.29, 1.82) is 0 Å². The van der Waals surface area contributed by atoms with Crippen molar-refractivity contribution < 1.29 is 14.7 Å². The molecular weight excluding hydrogens is 292 g/mol. The van der Waals surface area contributed by atoms with Crippen LogP contribution < -0.4 is 10.6 Å². The molecule has 2 unspecified atom stereocenters. The number of hydrogen-bond donors (Lipinski definition) is 3. The number of halogens is 1. The van der Waals surface area contributed by atoms with Crippen molar-refractivity contribution in [1.82, 2.24) is 5.32 Å². The van der Waals surface area contributed by atoms with E-state index in [9.17, 15) is 9.59 Å². The highest BCUT2D eigenvalue weighted by Crippen LogP contribution is 2.23. The van der Waals surface area contributed by atoms with E-state index in [1.165, 1.54) is 12.1 Å². The van der Waals surface area contributed by atoms with Gasteiger partial charge in [-0.25, -0.2) is 4.79 Å². The smallest absolute Gasteiger partial charge is 0.337 e. The Morgan fingerprint density at radius 3 is 2.86 bits per heavy atom. The van der Waals surface area contributed by atoms with E-state index in [2.05, 4.69) is 17.6 Å². The summed E-state index contributed by atoms with van der Waals surface area (Å²) >= 11 is 5.89. The van der Waals surface area contributed by atoms with Crippen LogP contribution in [-0.4, -0.2) is 29.6 Å². The SMILES string of the molecule is CCC1CCNC(C(=O)Nc2ccc(C(=O)O)c(Cl)c2)C1. The van der Waals surface area contributed by atoms with Crippen molar-refractivity contribution in [2.75, 3.05) is 11.9 Å². The first-order valence-electron chi connectivity index (χ1n) is 7.08. The predicted molar refractivity (Wildman–Crippen MR) is 81.8 cm³/mol. The molecule has 5 nitrogen and oxygen atoms in total.